The van der Waals surface area contributed by atoms with Crippen molar-refractivity contribution in [3.05, 3.63) is 23.8 Å². The average molecular weight is 281 g/mol. The lowest BCUT2D eigenvalue weighted by atomic mass is 10.1. The van der Waals surface area contributed by atoms with Gasteiger partial charge in [0.2, 0.25) is 0 Å². The van der Waals surface area contributed by atoms with Gasteiger partial charge in [-0.05, 0) is 37.9 Å². The normalized spacial score (nSPS) is 10.6. The highest BCUT2D eigenvalue weighted by Crippen LogP contribution is 2.31. The first kappa shape index (κ1) is 16.8. The van der Waals surface area contributed by atoms with Crippen molar-refractivity contribution in [2.24, 2.45) is 5.73 Å². The van der Waals surface area contributed by atoms with Gasteiger partial charge in [0.25, 0.3) is 0 Å². The molecular weight excluding hydrogens is 254 g/mol. The third kappa shape index (κ3) is 5.80. The number of rotatable bonds is 11. The van der Waals surface area contributed by atoms with Crippen molar-refractivity contribution in [3.63, 3.8) is 0 Å². The predicted octanol–water partition coefficient (Wildman–Crippen LogP) is 2.78. The summed E-state index contributed by atoms with van der Waals surface area (Å²) >= 11 is 0. The van der Waals surface area contributed by atoms with E-state index in [9.17, 15) is 0 Å². The van der Waals surface area contributed by atoms with Crippen LogP contribution in [0.3, 0.4) is 0 Å². The zero-order valence-corrected chi connectivity index (χ0v) is 12.7. The molecule has 1 aromatic rings. The molecule has 2 N–H and O–H groups in total. The first-order valence-electron chi connectivity index (χ1n) is 7.48. The van der Waals surface area contributed by atoms with E-state index >= 15 is 0 Å². The van der Waals surface area contributed by atoms with Gasteiger partial charge in [0.15, 0.2) is 11.5 Å². The Balaban J connectivity index is 2.55. The van der Waals surface area contributed by atoms with Crippen LogP contribution >= 0.6 is 0 Å². The van der Waals surface area contributed by atoms with E-state index in [0.29, 0.717) is 26.4 Å². The number of hydrogen-bond donors (Lipinski definition) is 1. The molecule has 0 radical (unpaired) electrons. The largest absolute Gasteiger partial charge is 0.490 e. The summed E-state index contributed by atoms with van der Waals surface area (Å²) in [5, 5.41) is 0. The fraction of sp³-hybridized carbons (Fsp3) is 0.625. The molecule has 0 aliphatic heterocycles. The summed E-state index contributed by atoms with van der Waals surface area (Å²) in [6, 6.07) is 5.93. The van der Waals surface area contributed by atoms with E-state index in [1.165, 1.54) is 0 Å². The van der Waals surface area contributed by atoms with E-state index in [-0.39, 0.29) is 0 Å². The van der Waals surface area contributed by atoms with Gasteiger partial charge < -0.3 is 19.9 Å². The van der Waals surface area contributed by atoms with Crippen molar-refractivity contribution < 1.29 is 14.2 Å². The Morgan fingerprint density at radius 2 is 1.90 bits per heavy atom. The summed E-state index contributed by atoms with van der Waals surface area (Å²) in [6.45, 7) is 7.26. The van der Waals surface area contributed by atoms with Gasteiger partial charge in [0, 0.05) is 6.61 Å². The Kier molecular flexibility index (Phi) is 8.83. The van der Waals surface area contributed by atoms with Crippen molar-refractivity contribution >= 4 is 0 Å². The van der Waals surface area contributed by atoms with Crippen molar-refractivity contribution in [1.29, 1.82) is 0 Å². The van der Waals surface area contributed by atoms with E-state index < -0.39 is 0 Å². The van der Waals surface area contributed by atoms with Crippen LogP contribution in [0.15, 0.2) is 18.2 Å². The van der Waals surface area contributed by atoms with Crippen LogP contribution in [0.25, 0.3) is 0 Å². The fourth-order valence-electron chi connectivity index (χ4n) is 1.90. The number of ether oxygens (including phenoxy) is 3. The molecule has 20 heavy (non-hydrogen) atoms. The number of unbranched alkanes of at least 4 members (excludes halogenated alkanes) is 1. The molecule has 0 aliphatic carbocycles. The minimum Gasteiger partial charge on any atom is -0.490 e. The van der Waals surface area contributed by atoms with E-state index in [4.69, 9.17) is 19.9 Å². The summed E-state index contributed by atoms with van der Waals surface area (Å²) in [4.78, 5) is 0. The molecule has 0 spiro atoms. The van der Waals surface area contributed by atoms with Crippen LogP contribution in [-0.4, -0.2) is 33.0 Å². The molecule has 0 atom stereocenters. The second-order valence-corrected chi connectivity index (χ2v) is 4.53. The third-order valence-corrected chi connectivity index (χ3v) is 2.89. The lowest BCUT2D eigenvalue weighted by molar-refractivity contribution is 0.0964. The Hall–Kier alpha value is -1.26. The quantitative estimate of drug-likeness (QED) is 0.634. The molecule has 114 valence electrons. The van der Waals surface area contributed by atoms with Gasteiger partial charge >= 0.3 is 0 Å². The summed E-state index contributed by atoms with van der Waals surface area (Å²) in [5.41, 5.74) is 6.73. The van der Waals surface area contributed by atoms with E-state index in [1.54, 1.807) is 0 Å². The second kappa shape index (κ2) is 10.5. The Morgan fingerprint density at radius 1 is 1.05 bits per heavy atom. The number of benzene rings is 1. The fourth-order valence-corrected chi connectivity index (χ4v) is 1.90. The molecular formula is C16H27NO3. The van der Waals surface area contributed by atoms with Gasteiger partial charge in [-0.3, -0.25) is 0 Å². The predicted molar refractivity (Wildman–Crippen MR) is 81.6 cm³/mol. The van der Waals surface area contributed by atoms with Gasteiger partial charge in [0.05, 0.1) is 13.2 Å². The number of para-hydroxylation sites is 1. The maximum Gasteiger partial charge on any atom is 0.164 e. The second-order valence-electron chi connectivity index (χ2n) is 4.53. The van der Waals surface area contributed by atoms with Gasteiger partial charge in [-0.1, -0.05) is 25.5 Å². The molecule has 0 bridgehead atoms. The first-order chi connectivity index (χ1) is 9.83. The molecule has 0 aromatic heterocycles. The van der Waals surface area contributed by atoms with Crippen LogP contribution in [0.5, 0.6) is 11.5 Å². The van der Waals surface area contributed by atoms with Crippen molar-refractivity contribution in [2.45, 2.75) is 33.1 Å². The van der Waals surface area contributed by atoms with E-state index in [0.717, 1.165) is 42.9 Å². The summed E-state index contributed by atoms with van der Waals surface area (Å²) in [7, 11) is 0. The Morgan fingerprint density at radius 3 is 2.60 bits per heavy atom. The third-order valence-electron chi connectivity index (χ3n) is 2.89. The van der Waals surface area contributed by atoms with Crippen LogP contribution in [0.1, 0.15) is 32.3 Å². The summed E-state index contributed by atoms with van der Waals surface area (Å²) in [5.74, 6) is 1.59. The minimum atomic E-state index is 0.533. The van der Waals surface area contributed by atoms with Crippen molar-refractivity contribution in [3.8, 4) is 11.5 Å². The maximum atomic E-state index is 5.85. The molecule has 0 amide bonds. The molecule has 0 saturated carbocycles. The average Bonchev–Trinajstić information content (AvgIpc) is 2.45. The van der Waals surface area contributed by atoms with Gasteiger partial charge in [-0.25, -0.2) is 0 Å². The molecule has 1 rings (SSSR count). The Labute approximate surface area is 122 Å². The van der Waals surface area contributed by atoms with E-state index in [2.05, 4.69) is 6.92 Å². The lowest BCUT2D eigenvalue weighted by Crippen LogP contribution is -2.11. The molecule has 1 aromatic carbocycles. The molecule has 0 unspecified atom stereocenters. The highest BCUT2D eigenvalue weighted by molar-refractivity contribution is 5.46. The molecule has 0 aliphatic rings. The molecule has 4 nitrogen and oxygen atoms in total. The smallest absolute Gasteiger partial charge is 0.164 e. The standard InChI is InChI=1S/C16H27NO3/c1-3-5-11-18-12-13-20-16-14(9-10-17)7-6-8-15(16)19-4-2/h6-8H,3-5,9-13,17H2,1-2H3. The molecule has 0 saturated heterocycles. The molecule has 0 heterocycles. The molecule has 4 heteroatoms. The monoisotopic (exact) mass is 281 g/mol. The van der Waals surface area contributed by atoms with Crippen LogP contribution in [0.4, 0.5) is 0 Å². The maximum absolute atomic E-state index is 5.85. The van der Waals surface area contributed by atoms with Crippen molar-refractivity contribution in [1.82, 2.24) is 0 Å². The van der Waals surface area contributed by atoms with Crippen LogP contribution in [0.2, 0.25) is 0 Å². The summed E-state index contributed by atoms with van der Waals surface area (Å²) < 4.78 is 17.0. The SMILES string of the molecule is CCCCOCCOc1c(CCN)cccc1OCC. The van der Waals surface area contributed by atoms with Crippen LogP contribution < -0.4 is 15.2 Å². The zero-order chi connectivity index (χ0) is 14.6. The van der Waals surface area contributed by atoms with Crippen LogP contribution in [0, 0.1) is 0 Å². The topological polar surface area (TPSA) is 53.7 Å². The van der Waals surface area contributed by atoms with Crippen molar-refractivity contribution in [2.75, 3.05) is 33.0 Å². The first-order valence-corrected chi connectivity index (χ1v) is 7.48. The highest BCUT2D eigenvalue weighted by Gasteiger charge is 2.10. The van der Waals surface area contributed by atoms with Gasteiger partial charge in [-0.15, -0.1) is 0 Å². The minimum absolute atomic E-state index is 0.533. The zero-order valence-electron chi connectivity index (χ0n) is 12.7. The Bertz CT molecular complexity index is 344. The summed E-state index contributed by atoms with van der Waals surface area (Å²) in [6.07, 6.45) is 3.02. The van der Waals surface area contributed by atoms with E-state index in [1.807, 2.05) is 25.1 Å². The number of nitrogens with two attached hydrogens (primary N) is 1. The van der Waals surface area contributed by atoms with Crippen LogP contribution in [-0.2, 0) is 11.2 Å². The lowest BCUT2D eigenvalue weighted by Gasteiger charge is -2.15. The van der Waals surface area contributed by atoms with Gasteiger partial charge in [-0.2, -0.15) is 0 Å². The highest BCUT2D eigenvalue weighted by atomic mass is 16.5. The van der Waals surface area contributed by atoms with Gasteiger partial charge in [0.1, 0.15) is 6.61 Å². The molecule has 0 fully saturated rings. The number of hydrogen-bond acceptors (Lipinski definition) is 4.